The predicted molar refractivity (Wildman–Crippen MR) is 108 cm³/mol. The van der Waals surface area contributed by atoms with Crippen LogP contribution in [-0.4, -0.2) is 18.4 Å². The Balaban J connectivity index is 1.36. The van der Waals surface area contributed by atoms with Crippen LogP contribution in [0.15, 0.2) is 60.7 Å². The first kappa shape index (κ1) is 18.2. The molecule has 1 unspecified atom stereocenters. The molecule has 28 heavy (non-hydrogen) atoms. The van der Waals surface area contributed by atoms with Gasteiger partial charge >= 0.3 is 0 Å². The topological polar surface area (TPSA) is 49.4 Å². The average Bonchev–Trinajstić information content (AvgIpc) is 2.96. The van der Waals surface area contributed by atoms with Crippen LogP contribution in [-0.2, 0) is 4.79 Å². The molecule has 1 atom stereocenters. The lowest BCUT2D eigenvalue weighted by Crippen LogP contribution is -2.30. The summed E-state index contributed by atoms with van der Waals surface area (Å²) in [5.41, 5.74) is 2.49. The molecule has 0 radical (unpaired) electrons. The number of benzene rings is 3. The van der Waals surface area contributed by atoms with E-state index in [2.05, 4.69) is 5.32 Å². The molecule has 142 valence electrons. The second-order valence-corrected chi connectivity index (χ2v) is 7.08. The van der Waals surface area contributed by atoms with Crippen LogP contribution in [0, 0.1) is 5.82 Å². The van der Waals surface area contributed by atoms with Crippen molar-refractivity contribution in [1.82, 2.24) is 5.32 Å². The SMILES string of the molecule is CC(NC(=O)CCCN1C(=O)c2cccc3cccc1c23)c1ccc(F)cc1. The van der Waals surface area contributed by atoms with Crippen LogP contribution in [0.2, 0.25) is 0 Å². The molecular formula is C23H21FN2O2. The number of carbonyl (C=O) groups is 2. The van der Waals surface area contributed by atoms with Crippen molar-refractivity contribution in [3.63, 3.8) is 0 Å². The van der Waals surface area contributed by atoms with Gasteiger partial charge in [-0.1, -0.05) is 36.4 Å². The van der Waals surface area contributed by atoms with Gasteiger partial charge in [0, 0.05) is 23.9 Å². The van der Waals surface area contributed by atoms with Crippen molar-refractivity contribution in [1.29, 1.82) is 0 Å². The first-order valence-corrected chi connectivity index (χ1v) is 9.43. The molecule has 3 aromatic rings. The van der Waals surface area contributed by atoms with E-state index in [4.69, 9.17) is 0 Å². The summed E-state index contributed by atoms with van der Waals surface area (Å²) in [5.74, 6) is -0.389. The van der Waals surface area contributed by atoms with Gasteiger partial charge in [0.25, 0.3) is 5.91 Å². The van der Waals surface area contributed by atoms with Gasteiger partial charge in [-0.2, -0.15) is 0 Å². The molecule has 0 fully saturated rings. The molecule has 0 saturated heterocycles. The Bertz CT molecular complexity index is 1040. The maximum atomic E-state index is 13.0. The van der Waals surface area contributed by atoms with E-state index in [1.165, 1.54) is 12.1 Å². The maximum absolute atomic E-state index is 13.0. The quantitative estimate of drug-likeness (QED) is 0.684. The Morgan fingerprint density at radius 2 is 1.79 bits per heavy atom. The van der Waals surface area contributed by atoms with Crippen LogP contribution in [0.5, 0.6) is 0 Å². The summed E-state index contributed by atoms with van der Waals surface area (Å²) in [4.78, 5) is 26.8. The molecule has 3 aromatic carbocycles. The fourth-order valence-electron chi connectivity index (χ4n) is 3.75. The number of rotatable bonds is 6. The third kappa shape index (κ3) is 3.36. The molecule has 0 bridgehead atoms. The number of nitrogens with one attached hydrogen (secondary N) is 1. The number of carbonyl (C=O) groups excluding carboxylic acids is 2. The summed E-state index contributed by atoms with van der Waals surface area (Å²) >= 11 is 0. The zero-order chi connectivity index (χ0) is 19.7. The van der Waals surface area contributed by atoms with Crippen LogP contribution in [0.25, 0.3) is 10.8 Å². The van der Waals surface area contributed by atoms with Crippen LogP contribution in [0.1, 0.15) is 41.7 Å². The van der Waals surface area contributed by atoms with E-state index in [0.29, 0.717) is 19.4 Å². The number of nitrogens with zero attached hydrogens (tertiary/aromatic N) is 1. The third-order valence-electron chi connectivity index (χ3n) is 5.18. The normalized spacial score (nSPS) is 13.8. The Kier molecular flexibility index (Phi) is 4.82. The molecule has 1 heterocycles. The van der Waals surface area contributed by atoms with Gasteiger partial charge in [-0.15, -0.1) is 0 Å². The number of hydrogen-bond acceptors (Lipinski definition) is 2. The molecule has 4 rings (SSSR count). The minimum absolute atomic E-state index is 0.00751. The monoisotopic (exact) mass is 376 g/mol. The van der Waals surface area contributed by atoms with Gasteiger partial charge in [-0.3, -0.25) is 9.59 Å². The highest BCUT2D eigenvalue weighted by molar-refractivity contribution is 6.25. The fourth-order valence-corrected chi connectivity index (χ4v) is 3.75. The summed E-state index contributed by atoms with van der Waals surface area (Å²) in [5, 5.41) is 4.97. The minimum Gasteiger partial charge on any atom is -0.350 e. The smallest absolute Gasteiger partial charge is 0.258 e. The number of anilines is 1. The molecule has 0 saturated carbocycles. The second kappa shape index (κ2) is 7.43. The van der Waals surface area contributed by atoms with E-state index < -0.39 is 0 Å². The first-order chi connectivity index (χ1) is 13.5. The van der Waals surface area contributed by atoms with Gasteiger partial charge in [0.1, 0.15) is 5.82 Å². The number of hydrogen-bond donors (Lipinski definition) is 1. The van der Waals surface area contributed by atoms with Crippen molar-refractivity contribution >= 4 is 28.3 Å². The molecule has 4 nitrogen and oxygen atoms in total. The molecule has 1 aliphatic heterocycles. The Morgan fingerprint density at radius 1 is 1.07 bits per heavy atom. The Morgan fingerprint density at radius 3 is 2.54 bits per heavy atom. The van der Waals surface area contributed by atoms with E-state index in [-0.39, 0.29) is 23.7 Å². The van der Waals surface area contributed by atoms with Gasteiger partial charge in [-0.05, 0) is 48.6 Å². The zero-order valence-electron chi connectivity index (χ0n) is 15.6. The average molecular weight is 376 g/mol. The van der Waals surface area contributed by atoms with Crippen molar-refractivity contribution in [2.24, 2.45) is 0 Å². The molecule has 0 spiro atoms. The van der Waals surface area contributed by atoms with Gasteiger partial charge in [0.2, 0.25) is 5.91 Å². The van der Waals surface area contributed by atoms with Crippen LogP contribution < -0.4 is 10.2 Å². The Hall–Kier alpha value is -3.21. The standard InChI is InChI=1S/C23H21FN2O2/c1-15(16-10-12-18(24)13-11-16)25-21(27)9-4-14-26-20-8-3-6-17-5-2-7-19(22(17)20)23(26)28/h2-3,5-8,10-13,15H,4,9,14H2,1H3,(H,25,27). The molecule has 2 amide bonds. The lowest BCUT2D eigenvalue weighted by molar-refractivity contribution is -0.121. The maximum Gasteiger partial charge on any atom is 0.258 e. The summed E-state index contributed by atoms with van der Waals surface area (Å²) < 4.78 is 13.0. The van der Waals surface area contributed by atoms with E-state index in [9.17, 15) is 14.0 Å². The van der Waals surface area contributed by atoms with Crippen molar-refractivity contribution in [3.8, 4) is 0 Å². The largest absolute Gasteiger partial charge is 0.350 e. The first-order valence-electron chi connectivity index (χ1n) is 9.43. The highest BCUT2D eigenvalue weighted by Gasteiger charge is 2.29. The molecule has 0 aliphatic carbocycles. The minimum atomic E-state index is -0.298. The van der Waals surface area contributed by atoms with Gasteiger partial charge in [-0.25, -0.2) is 4.39 Å². The van der Waals surface area contributed by atoms with Crippen molar-refractivity contribution < 1.29 is 14.0 Å². The predicted octanol–water partition coefficient (Wildman–Crippen LogP) is 4.60. The van der Waals surface area contributed by atoms with Gasteiger partial charge < -0.3 is 10.2 Å². The van der Waals surface area contributed by atoms with Crippen LogP contribution in [0.3, 0.4) is 0 Å². The van der Waals surface area contributed by atoms with E-state index in [1.54, 1.807) is 17.0 Å². The van der Waals surface area contributed by atoms with Gasteiger partial charge in [0.05, 0.1) is 11.7 Å². The molecular weight excluding hydrogens is 355 g/mol. The summed E-state index contributed by atoms with van der Waals surface area (Å²) in [6.45, 7) is 2.36. The highest BCUT2D eigenvalue weighted by atomic mass is 19.1. The lowest BCUT2D eigenvalue weighted by atomic mass is 10.1. The summed E-state index contributed by atoms with van der Waals surface area (Å²) in [6, 6.07) is 17.6. The molecule has 1 aliphatic rings. The summed E-state index contributed by atoms with van der Waals surface area (Å²) in [6.07, 6.45) is 0.889. The highest BCUT2D eigenvalue weighted by Crippen LogP contribution is 2.37. The van der Waals surface area contributed by atoms with Gasteiger partial charge in [0.15, 0.2) is 0 Å². The molecule has 5 heteroatoms. The lowest BCUT2D eigenvalue weighted by Gasteiger charge is -2.18. The van der Waals surface area contributed by atoms with Crippen LogP contribution >= 0.6 is 0 Å². The van der Waals surface area contributed by atoms with E-state index >= 15 is 0 Å². The van der Waals surface area contributed by atoms with Crippen molar-refractivity contribution in [3.05, 3.63) is 77.6 Å². The molecule has 0 aromatic heterocycles. The third-order valence-corrected chi connectivity index (χ3v) is 5.18. The van der Waals surface area contributed by atoms with Crippen molar-refractivity contribution in [2.45, 2.75) is 25.8 Å². The van der Waals surface area contributed by atoms with E-state index in [1.807, 2.05) is 43.3 Å². The van der Waals surface area contributed by atoms with Crippen LogP contribution in [0.4, 0.5) is 10.1 Å². The molecule has 1 N–H and O–H groups in total. The number of amides is 2. The van der Waals surface area contributed by atoms with Crippen molar-refractivity contribution in [2.75, 3.05) is 11.4 Å². The Labute approximate surface area is 163 Å². The second-order valence-electron chi connectivity index (χ2n) is 7.08. The summed E-state index contributed by atoms with van der Waals surface area (Å²) in [7, 11) is 0. The fraction of sp³-hybridized carbons (Fsp3) is 0.217. The number of halogens is 1. The van der Waals surface area contributed by atoms with E-state index in [0.717, 1.165) is 27.6 Å². The zero-order valence-corrected chi connectivity index (χ0v) is 15.6.